The zero-order valence-corrected chi connectivity index (χ0v) is 9.64. The van der Waals surface area contributed by atoms with Crippen LogP contribution in [0, 0.1) is 5.92 Å². The van der Waals surface area contributed by atoms with Crippen LogP contribution in [0.4, 0.5) is 0 Å². The second kappa shape index (κ2) is 4.52. The molecule has 0 unspecified atom stereocenters. The molecule has 1 aliphatic heterocycles. The minimum absolute atomic E-state index is 0.161. The van der Waals surface area contributed by atoms with Crippen molar-refractivity contribution in [1.82, 2.24) is 10.6 Å². The molecular weight excluding hydrogens is 188 g/mol. The largest absolute Gasteiger partial charge is 0.350 e. The molecule has 0 aromatic rings. The molecule has 15 heavy (non-hydrogen) atoms. The third-order valence-corrected chi connectivity index (χ3v) is 4.04. The fourth-order valence-corrected chi connectivity index (χ4v) is 2.61. The molecule has 1 heterocycles. The van der Waals surface area contributed by atoms with Gasteiger partial charge in [0.1, 0.15) is 0 Å². The Hall–Kier alpha value is -0.570. The third kappa shape index (κ3) is 2.33. The molecule has 0 radical (unpaired) electrons. The van der Waals surface area contributed by atoms with E-state index >= 15 is 0 Å². The molecule has 1 atom stereocenters. The van der Waals surface area contributed by atoms with E-state index < -0.39 is 0 Å². The van der Waals surface area contributed by atoms with Crippen molar-refractivity contribution < 1.29 is 4.79 Å². The monoisotopic (exact) mass is 210 g/mol. The lowest BCUT2D eigenvalue weighted by atomic mass is 9.74. The fourth-order valence-electron chi connectivity index (χ4n) is 2.61. The topological polar surface area (TPSA) is 41.1 Å². The van der Waals surface area contributed by atoms with Crippen LogP contribution in [0.2, 0.25) is 0 Å². The summed E-state index contributed by atoms with van der Waals surface area (Å²) in [6.07, 6.45) is 6.90. The first-order chi connectivity index (χ1) is 7.26. The van der Waals surface area contributed by atoms with Gasteiger partial charge in [0.25, 0.3) is 0 Å². The van der Waals surface area contributed by atoms with Crippen LogP contribution in [0.3, 0.4) is 0 Å². The van der Waals surface area contributed by atoms with Crippen LogP contribution >= 0.6 is 0 Å². The lowest BCUT2D eigenvalue weighted by Gasteiger charge is -2.43. The summed E-state index contributed by atoms with van der Waals surface area (Å²) in [5.74, 6) is 0.492. The molecule has 0 bridgehead atoms. The van der Waals surface area contributed by atoms with Crippen LogP contribution < -0.4 is 10.6 Å². The predicted molar refractivity (Wildman–Crippen MR) is 60.6 cm³/mol. The zero-order valence-electron chi connectivity index (χ0n) is 9.64. The van der Waals surface area contributed by atoms with Gasteiger partial charge in [0.05, 0.1) is 5.92 Å². The molecule has 3 nitrogen and oxygen atoms in total. The van der Waals surface area contributed by atoms with E-state index in [2.05, 4.69) is 17.6 Å². The third-order valence-electron chi connectivity index (χ3n) is 4.04. The number of rotatable bonds is 3. The average Bonchev–Trinajstić information content (AvgIpc) is 2.24. The smallest absolute Gasteiger partial charge is 0.224 e. The normalized spacial score (nSPS) is 29.3. The van der Waals surface area contributed by atoms with Crippen LogP contribution in [-0.4, -0.2) is 24.5 Å². The summed E-state index contributed by atoms with van der Waals surface area (Å²) >= 11 is 0. The molecule has 1 aliphatic carbocycles. The van der Waals surface area contributed by atoms with Crippen LogP contribution in [0.15, 0.2) is 0 Å². The minimum atomic E-state index is 0.161. The van der Waals surface area contributed by atoms with Crippen molar-refractivity contribution in [2.24, 2.45) is 5.92 Å². The van der Waals surface area contributed by atoms with Gasteiger partial charge in [-0.15, -0.1) is 0 Å². The summed E-state index contributed by atoms with van der Waals surface area (Å²) < 4.78 is 0. The maximum atomic E-state index is 12.0. The molecule has 1 saturated carbocycles. The van der Waals surface area contributed by atoms with Crippen molar-refractivity contribution in [2.45, 2.75) is 51.0 Å². The molecule has 2 fully saturated rings. The van der Waals surface area contributed by atoms with Crippen molar-refractivity contribution in [3.63, 3.8) is 0 Å². The maximum absolute atomic E-state index is 12.0. The van der Waals surface area contributed by atoms with E-state index in [9.17, 15) is 4.79 Å². The molecule has 0 aromatic carbocycles. The van der Waals surface area contributed by atoms with Crippen molar-refractivity contribution in [3.05, 3.63) is 0 Å². The molecule has 2 rings (SSSR count). The SMILES string of the molecule is CCC1(NC(=O)[C@@H]2CCCNC2)CCC1. The van der Waals surface area contributed by atoms with Crippen LogP contribution in [0.5, 0.6) is 0 Å². The Kier molecular flexibility index (Phi) is 3.29. The molecule has 1 saturated heterocycles. The first-order valence-electron chi connectivity index (χ1n) is 6.28. The summed E-state index contributed by atoms with van der Waals surface area (Å²) in [4.78, 5) is 12.0. The predicted octanol–water partition coefficient (Wildman–Crippen LogP) is 1.43. The summed E-state index contributed by atoms with van der Waals surface area (Å²) in [7, 11) is 0. The zero-order chi connectivity index (χ0) is 10.7. The Morgan fingerprint density at radius 2 is 2.27 bits per heavy atom. The van der Waals surface area contributed by atoms with Gasteiger partial charge in [0.2, 0.25) is 5.91 Å². The van der Waals surface area contributed by atoms with Crippen molar-refractivity contribution in [1.29, 1.82) is 0 Å². The molecule has 0 aromatic heterocycles. The van der Waals surface area contributed by atoms with Crippen LogP contribution in [0.1, 0.15) is 45.4 Å². The molecule has 1 amide bonds. The molecule has 2 N–H and O–H groups in total. The van der Waals surface area contributed by atoms with Crippen LogP contribution in [-0.2, 0) is 4.79 Å². The summed E-state index contributed by atoms with van der Waals surface area (Å²) in [6, 6.07) is 0. The van der Waals surface area contributed by atoms with E-state index in [1.54, 1.807) is 0 Å². The Morgan fingerprint density at radius 1 is 1.47 bits per heavy atom. The van der Waals surface area contributed by atoms with E-state index in [4.69, 9.17) is 0 Å². The Balaban J connectivity index is 1.85. The van der Waals surface area contributed by atoms with Crippen molar-refractivity contribution >= 4 is 5.91 Å². The van der Waals surface area contributed by atoms with Gasteiger partial charge in [-0.3, -0.25) is 4.79 Å². The highest BCUT2D eigenvalue weighted by Crippen LogP contribution is 2.35. The van der Waals surface area contributed by atoms with Gasteiger partial charge in [0, 0.05) is 12.1 Å². The van der Waals surface area contributed by atoms with E-state index in [-0.39, 0.29) is 17.4 Å². The maximum Gasteiger partial charge on any atom is 0.224 e. The number of hydrogen-bond donors (Lipinski definition) is 2. The van der Waals surface area contributed by atoms with Gasteiger partial charge in [-0.05, 0) is 45.1 Å². The summed E-state index contributed by atoms with van der Waals surface area (Å²) in [5.41, 5.74) is 0.161. The van der Waals surface area contributed by atoms with Gasteiger partial charge >= 0.3 is 0 Å². The van der Waals surface area contributed by atoms with Gasteiger partial charge in [-0.25, -0.2) is 0 Å². The molecule has 86 valence electrons. The number of carbonyl (C=O) groups excluding carboxylic acids is 1. The lowest BCUT2D eigenvalue weighted by Crippen LogP contribution is -2.55. The lowest BCUT2D eigenvalue weighted by molar-refractivity contribution is -0.128. The van der Waals surface area contributed by atoms with Gasteiger partial charge in [-0.2, -0.15) is 0 Å². The minimum Gasteiger partial charge on any atom is -0.350 e. The van der Waals surface area contributed by atoms with E-state index in [0.717, 1.165) is 32.4 Å². The van der Waals surface area contributed by atoms with E-state index in [1.165, 1.54) is 19.3 Å². The second-order valence-electron chi connectivity index (χ2n) is 5.02. The number of hydrogen-bond acceptors (Lipinski definition) is 2. The van der Waals surface area contributed by atoms with E-state index in [1.807, 2.05) is 0 Å². The highest BCUT2D eigenvalue weighted by atomic mass is 16.2. The number of amides is 1. The molecular formula is C12H22N2O. The Bertz CT molecular complexity index is 224. The highest BCUT2D eigenvalue weighted by molar-refractivity contribution is 5.79. The van der Waals surface area contributed by atoms with Gasteiger partial charge in [-0.1, -0.05) is 6.92 Å². The van der Waals surface area contributed by atoms with Crippen molar-refractivity contribution in [3.8, 4) is 0 Å². The van der Waals surface area contributed by atoms with Crippen LogP contribution in [0.25, 0.3) is 0 Å². The quantitative estimate of drug-likeness (QED) is 0.740. The van der Waals surface area contributed by atoms with Gasteiger partial charge < -0.3 is 10.6 Å². The summed E-state index contributed by atoms with van der Waals surface area (Å²) in [5, 5.41) is 6.57. The molecule has 3 heteroatoms. The highest BCUT2D eigenvalue weighted by Gasteiger charge is 2.37. The first-order valence-corrected chi connectivity index (χ1v) is 6.28. The van der Waals surface area contributed by atoms with E-state index in [0.29, 0.717) is 0 Å². The standard InChI is InChI=1S/C12H22N2O/c1-2-12(6-4-7-12)14-11(15)10-5-3-8-13-9-10/h10,13H,2-9H2,1H3,(H,14,15)/t10-/m1/s1. The van der Waals surface area contributed by atoms with Crippen molar-refractivity contribution in [2.75, 3.05) is 13.1 Å². The Morgan fingerprint density at radius 3 is 2.73 bits per heavy atom. The summed E-state index contributed by atoms with van der Waals surface area (Å²) in [6.45, 7) is 4.12. The number of nitrogens with one attached hydrogen (secondary N) is 2. The molecule has 0 spiro atoms. The first kappa shape index (κ1) is 10.9. The number of piperidine rings is 1. The second-order valence-corrected chi connectivity index (χ2v) is 5.02. The fraction of sp³-hybridized carbons (Fsp3) is 0.917. The number of carbonyl (C=O) groups is 1. The van der Waals surface area contributed by atoms with Gasteiger partial charge in [0.15, 0.2) is 0 Å². The average molecular weight is 210 g/mol. The molecule has 2 aliphatic rings. The Labute approximate surface area is 92.0 Å².